The standard InChI is InChI=1S/C16H17N3O3S2/c1-3-10-7-12-15(17-9-18-16(12)23-10)19-13-8-11(5-6-14(13)20)24(21,22)4-2/h5-9,20H,3-4H2,1-2H3,(H,17,18,19). The molecule has 0 aliphatic carbocycles. The fraction of sp³-hybridized carbons (Fsp3) is 0.250. The second-order valence-electron chi connectivity index (χ2n) is 5.21. The van der Waals surface area contributed by atoms with Crippen LogP contribution in [0.25, 0.3) is 10.2 Å². The van der Waals surface area contributed by atoms with Crippen LogP contribution >= 0.6 is 11.3 Å². The Morgan fingerprint density at radius 3 is 2.71 bits per heavy atom. The number of aryl methyl sites for hydroxylation is 1. The Hall–Kier alpha value is -2.19. The fourth-order valence-electron chi connectivity index (χ4n) is 2.28. The second kappa shape index (κ2) is 6.37. The van der Waals surface area contributed by atoms with Crippen molar-refractivity contribution in [2.75, 3.05) is 11.1 Å². The Bertz CT molecular complexity index is 997. The molecular formula is C16H17N3O3S2. The van der Waals surface area contributed by atoms with Gasteiger partial charge in [0.15, 0.2) is 9.84 Å². The number of hydrogen-bond acceptors (Lipinski definition) is 7. The van der Waals surface area contributed by atoms with Crippen molar-refractivity contribution in [3.8, 4) is 5.75 Å². The van der Waals surface area contributed by atoms with E-state index in [2.05, 4.69) is 22.2 Å². The summed E-state index contributed by atoms with van der Waals surface area (Å²) in [6.45, 7) is 3.65. The topological polar surface area (TPSA) is 92.2 Å². The van der Waals surface area contributed by atoms with E-state index in [1.807, 2.05) is 6.07 Å². The number of phenolic OH excluding ortho intramolecular Hbond substituents is 1. The molecule has 24 heavy (non-hydrogen) atoms. The largest absolute Gasteiger partial charge is 0.506 e. The van der Waals surface area contributed by atoms with Gasteiger partial charge in [-0.2, -0.15) is 0 Å². The number of aromatic nitrogens is 2. The number of hydrogen-bond donors (Lipinski definition) is 2. The molecule has 0 amide bonds. The lowest BCUT2D eigenvalue weighted by Gasteiger charge is -2.10. The number of sulfone groups is 1. The zero-order chi connectivity index (χ0) is 17.3. The van der Waals surface area contributed by atoms with Crippen molar-refractivity contribution in [1.29, 1.82) is 0 Å². The summed E-state index contributed by atoms with van der Waals surface area (Å²) in [6.07, 6.45) is 2.35. The number of nitrogens with one attached hydrogen (secondary N) is 1. The van der Waals surface area contributed by atoms with Crippen LogP contribution in [0.5, 0.6) is 5.75 Å². The van der Waals surface area contributed by atoms with E-state index in [-0.39, 0.29) is 16.4 Å². The van der Waals surface area contributed by atoms with Crippen molar-refractivity contribution in [3.05, 3.63) is 35.5 Å². The molecule has 0 atom stereocenters. The van der Waals surface area contributed by atoms with Gasteiger partial charge in [-0.3, -0.25) is 0 Å². The molecule has 0 aliphatic heterocycles. The zero-order valence-corrected chi connectivity index (χ0v) is 14.9. The van der Waals surface area contributed by atoms with Gasteiger partial charge in [-0.05, 0) is 30.7 Å². The van der Waals surface area contributed by atoms with Gasteiger partial charge < -0.3 is 10.4 Å². The van der Waals surface area contributed by atoms with Crippen LogP contribution in [0.2, 0.25) is 0 Å². The highest BCUT2D eigenvalue weighted by atomic mass is 32.2. The van der Waals surface area contributed by atoms with Gasteiger partial charge in [-0.15, -0.1) is 11.3 Å². The molecule has 0 saturated heterocycles. The van der Waals surface area contributed by atoms with Crippen LogP contribution in [-0.4, -0.2) is 29.2 Å². The Balaban J connectivity index is 2.05. The predicted molar refractivity (Wildman–Crippen MR) is 95.9 cm³/mol. The SMILES string of the molecule is CCc1cc2c(Nc3cc(S(=O)(=O)CC)ccc3O)ncnc2s1. The van der Waals surface area contributed by atoms with Crippen molar-refractivity contribution in [2.45, 2.75) is 25.2 Å². The molecule has 0 aliphatic rings. The molecule has 8 heteroatoms. The number of fused-ring (bicyclic) bond motifs is 1. The van der Waals surface area contributed by atoms with E-state index in [9.17, 15) is 13.5 Å². The normalized spacial score (nSPS) is 11.8. The van der Waals surface area contributed by atoms with E-state index in [4.69, 9.17) is 0 Å². The molecule has 126 valence electrons. The molecular weight excluding hydrogens is 346 g/mol. The lowest BCUT2D eigenvalue weighted by Crippen LogP contribution is -2.04. The van der Waals surface area contributed by atoms with E-state index >= 15 is 0 Å². The summed E-state index contributed by atoms with van der Waals surface area (Å²) in [6, 6.07) is 6.20. The molecule has 0 spiro atoms. The number of nitrogens with zero attached hydrogens (tertiary/aromatic N) is 2. The highest BCUT2D eigenvalue weighted by molar-refractivity contribution is 7.91. The predicted octanol–water partition coefficient (Wildman–Crippen LogP) is 3.50. The molecule has 1 aromatic carbocycles. The number of benzene rings is 1. The van der Waals surface area contributed by atoms with Gasteiger partial charge in [-0.1, -0.05) is 13.8 Å². The molecule has 0 unspecified atom stereocenters. The Labute approximate surface area is 144 Å². The molecule has 6 nitrogen and oxygen atoms in total. The first kappa shape index (κ1) is 16.7. The lowest BCUT2D eigenvalue weighted by atomic mass is 10.2. The maximum absolute atomic E-state index is 12.0. The first-order chi connectivity index (χ1) is 11.4. The van der Waals surface area contributed by atoms with Crippen LogP contribution in [0.15, 0.2) is 35.5 Å². The third-order valence-electron chi connectivity index (χ3n) is 3.69. The van der Waals surface area contributed by atoms with E-state index in [0.717, 1.165) is 16.6 Å². The average Bonchev–Trinajstić information content (AvgIpc) is 3.01. The van der Waals surface area contributed by atoms with E-state index in [1.54, 1.807) is 18.3 Å². The smallest absolute Gasteiger partial charge is 0.178 e. The van der Waals surface area contributed by atoms with Crippen LogP contribution in [0.3, 0.4) is 0 Å². The number of phenols is 1. The van der Waals surface area contributed by atoms with Gasteiger partial charge >= 0.3 is 0 Å². The number of anilines is 2. The Kier molecular flexibility index (Phi) is 4.42. The molecule has 0 saturated carbocycles. The maximum atomic E-state index is 12.0. The average molecular weight is 363 g/mol. The van der Waals surface area contributed by atoms with Crippen LogP contribution in [0.4, 0.5) is 11.5 Å². The summed E-state index contributed by atoms with van der Waals surface area (Å²) in [4.78, 5) is 10.7. The van der Waals surface area contributed by atoms with E-state index in [0.29, 0.717) is 11.5 Å². The summed E-state index contributed by atoms with van der Waals surface area (Å²) in [7, 11) is -3.35. The Morgan fingerprint density at radius 2 is 2.00 bits per heavy atom. The molecule has 3 rings (SSSR count). The maximum Gasteiger partial charge on any atom is 0.178 e. The molecule has 2 aromatic heterocycles. The van der Waals surface area contributed by atoms with Gasteiger partial charge in [0.1, 0.15) is 22.7 Å². The van der Waals surface area contributed by atoms with Crippen molar-refractivity contribution < 1.29 is 13.5 Å². The first-order valence-electron chi connectivity index (χ1n) is 7.50. The number of thiophene rings is 1. The number of aromatic hydroxyl groups is 1. The summed E-state index contributed by atoms with van der Waals surface area (Å²) in [5, 5.41) is 13.9. The molecule has 3 aromatic rings. The third kappa shape index (κ3) is 3.07. The van der Waals surface area contributed by atoms with Crippen LogP contribution in [-0.2, 0) is 16.3 Å². The van der Waals surface area contributed by atoms with Gasteiger partial charge in [0.2, 0.25) is 0 Å². The van der Waals surface area contributed by atoms with Crippen molar-refractivity contribution in [3.63, 3.8) is 0 Å². The minimum Gasteiger partial charge on any atom is -0.506 e. The highest BCUT2D eigenvalue weighted by Crippen LogP contribution is 2.33. The van der Waals surface area contributed by atoms with Crippen molar-refractivity contribution in [2.24, 2.45) is 0 Å². The van der Waals surface area contributed by atoms with Crippen LogP contribution in [0, 0.1) is 0 Å². The summed E-state index contributed by atoms with van der Waals surface area (Å²) in [5.41, 5.74) is 0.300. The highest BCUT2D eigenvalue weighted by Gasteiger charge is 2.15. The third-order valence-corrected chi connectivity index (χ3v) is 6.61. The molecule has 2 N–H and O–H groups in total. The minimum absolute atomic E-state index is 0.000637. The quantitative estimate of drug-likeness (QED) is 0.674. The minimum atomic E-state index is -3.35. The van der Waals surface area contributed by atoms with E-state index < -0.39 is 9.84 Å². The lowest BCUT2D eigenvalue weighted by molar-refractivity contribution is 0.477. The van der Waals surface area contributed by atoms with Crippen molar-refractivity contribution >= 4 is 42.9 Å². The summed E-state index contributed by atoms with van der Waals surface area (Å²) in [5.74, 6) is 0.499. The van der Waals surface area contributed by atoms with Crippen LogP contribution < -0.4 is 5.32 Å². The van der Waals surface area contributed by atoms with Crippen LogP contribution in [0.1, 0.15) is 18.7 Å². The fourth-order valence-corrected chi connectivity index (χ4v) is 4.12. The Morgan fingerprint density at radius 1 is 1.21 bits per heavy atom. The van der Waals surface area contributed by atoms with Gasteiger partial charge in [0.25, 0.3) is 0 Å². The monoisotopic (exact) mass is 363 g/mol. The van der Waals surface area contributed by atoms with E-state index in [1.165, 1.54) is 29.4 Å². The van der Waals surface area contributed by atoms with Gasteiger partial charge in [0, 0.05) is 4.88 Å². The zero-order valence-electron chi connectivity index (χ0n) is 13.3. The summed E-state index contributed by atoms with van der Waals surface area (Å²) < 4.78 is 24.1. The molecule has 2 heterocycles. The van der Waals surface area contributed by atoms with Gasteiger partial charge in [0.05, 0.1) is 21.7 Å². The second-order valence-corrected chi connectivity index (χ2v) is 8.61. The molecule has 0 bridgehead atoms. The first-order valence-corrected chi connectivity index (χ1v) is 9.97. The van der Waals surface area contributed by atoms with Gasteiger partial charge in [-0.25, -0.2) is 18.4 Å². The van der Waals surface area contributed by atoms with Crippen molar-refractivity contribution in [1.82, 2.24) is 9.97 Å². The summed E-state index contributed by atoms with van der Waals surface area (Å²) >= 11 is 1.59. The number of rotatable bonds is 5. The molecule has 0 radical (unpaired) electrons. The molecule has 0 fully saturated rings.